The maximum atomic E-state index is 12.5. The summed E-state index contributed by atoms with van der Waals surface area (Å²) < 4.78 is 3.60. The number of benzene rings is 2. The zero-order valence-electron chi connectivity index (χ0n) is 23.3. The zero-order valence-corrected chi connectivity index (χ0v) is 25.0. The van der Waals surface area contributed by atoms with Crippen LogP contribution in [0.4, 0.5) is 0 Å². The van der Waals surface area contributed by atoms with Crippen LogP contribution in [-0.2, 0) is 27.2 Å². The molecule has 9 nitrogen and oxygen atoms in total. The molecule has 11 heteroatoms. The molecule has 8 N–H and O–H groups in total. The minimum atomic E-state index is -2.61. The summed E-state index contributed by atoms with van der Waals surface area (Å²) >= 11 is 0. The van der Waals surface area contributed by atoms with Crippen molar-refractivity contribution in [2.45, 2.75) is 71.3 Å². The maximum absolute atomic E-state index is 12.5. The van der Waals surface area contributed by atoms with E-state index < -0.39 is 48.0 Å². The second-order valence-electron chi connectivity index (χ2n) is 11.6. The van der Waals surface area contributed by atoms with E-state index in [4.69, 9.17) is 19.6 Å². The lowest BCUT2D eigenvalue weighted by atomic mass is 9.60. The van der Waals surface area contributed by atoms with Gasteiger partial charge in [-0.25, -0.2) is 4.31 Å². The van der Waals surface area contributed by atoms with E-state index in [0.29, 0.717) is 5.56 Å². The molecule has 0 spiro atoms. The molecular weight excluding hydrogens is 530 g/mol. The first-order valence-corrected chi connectivity index (χ1v) is 14.5. The van der Waals surface area contributed by atoms with Crippen molar-refractivity contribution in [1.29, 1.82) is 0 Å². The van der Waals surface area contributed by atoms with Gasteiger partial charge >= 0.3 is 17.2 Å². The predicted octanol–water partition coefficient (Wildman–Crippen LogP) is 3.41. The van der Waals surface area contributed by atoms with E-state index in [-0.39, 0.29) is 17.3 Å². The second-order valence-corrected chi connectivity index (χ2v) is 13.3. The highest BCUT2D eigenvalue weighted by Crippen LogP contribution is 2.49. The van der Waals surface area contributed by atoms with Crippen LogP contribution in [0.15, 0.2) is 42.5 Å². The minimum Gasteiger partial charge on any atom is -0.395 e. The summed E-state index contributed by atoms with van der Waals surface area (Å²) in [5.41, 5.74) is 0.707. The molecule has 1 unspecified atom stereocenters. The van der Waals surface area contributed by atoms with Gasteiger partial charge < -0.3 is 40.0 Å². The van der Waals surface area contributed by atoms with E-state index in [2.05, 4.69) is 58.0 Å². The monoisotopic (exact) mass is 574 g/mol. The molecule has 0 fully saturated rings. The van der Waals surface area contributed by atoms with Crippen LogP contribution in [-0.4, -0.2) is 59.8 Å². The van der Waals surface area contributed by atoms with E-state index >= 15 is 0 Å². The Morgan fingerprint density at radius 2 is 1.11 bits per heavy atom. The smallest absolute Gasteiger partial charge is 0.334 e. The first kappa shape index (κ1) is 35.0. The average molecular weight is 575 g/mol. The normalized spacial score (nSPS) is 14.3. The van der Waals surface area contributed by atoms with Gasteiger partial charge in [-0.15, -0.1) is 0 Å². The van der Waals surface area contributed by atoms with Crippen molar-refractivity contribution in [2.75, 3.05) is 19.8 Å². The fourth-order valence-corrected chi connectivity index (χ4v) is 4.98. The lowest BCUT2D eigenvalue weighted by Crippen LogP contribution is -2.56. The van der Waals surface area contributed by atoms with Gasteiger partial charge in [0.1, 0.15) is 5.60 Å². The minimum absolute atomic E-state index is 0.157. The summed E-state index contributed by atoms with van der Waals surface area (Å²) in [7, 11) is -5.22. The molecule has 0 radical (unpaired) electrons. The molecule has 1 atom stereocenters. The molecule has 2 aromatic carbocycles. The number of aliphatic hydroxyl groups is 4. The second kappa shape index (κ2) is 14.0. The Kier molecular flexibility index (Phi) is 12.9. The maximum Gasteiger partial charge on any atom is 0.334 e. The van der Waals surface area contributed by atoms with Crippen molar-refractivity contribution in [3.8, 4) is 0 Å². The predicted molar refractivity (Wildman–Crippen MR) is 150 cm³/mol. The zero-order chi connectivity index (χ0) is 29.5. The summed E-state index contributed by atoms with van der Waals surface area (Å²) in [6, 6.07) is 13.7. The van der Waals surface area contributed by atoms with Crippen molar-refractivity contribution in [1.82, 2.24) is 0 Å². The Bertz CT molecular complexity index is 949. The number of hydrogen-bond donors (Lipinski definition) is 8. The van der Waals surface area contributed by atoms with Crippen LogP contribution in [0, 0.1) is 12.3 Å². The van der Waals surface area contributed by atoms with Gasteiger partial charge in [-0.3, -0.25) is 0 Å². The van der Waals surface area contributed by atoms with Crippen molar-refractivity contribution in [2.24, 2.45) is 5.41 Å². The molecule has 2 aromatic rings. The number of aryl methyl sites for hydroxylation is 1. The first-order chi connectivity index (χ1) is 17.4. The molecule has 38 heavy (non-hydrogen) atoms. The van der Waals surface area contributed by atoms with E-state index in [0.717, 1.165) is 22.3 Å². The van der Waals surface area contributed by atoms with Crippen molar-refractivity contribution in [3.63, 3.8) is 0 Å². The highest BCUT2D eigenvalue weighted by Gasteiger charge is 2.54. The Hall–Kier alpha value is -1.06. The molecular formula is C27H44O9P2. The lowest BCUT2D eigenvalue weighted by molar-refractivity contribution is -0.160. The summed E-state index contributed by atoms with van der Waals surface area (Å²) in [4.78, 5) is 31.3. The van der Waals surface area contributed by atoms with Gasteiger partial charge in [-0.05, 0) is 40.0 Å². The quantitative estimate of drug-likeness (QED) is 0.209. The van der Waals surface area contributed by atoms with Gasteiger partial charge in [0, 0.05) is 6.42 Å². The lowest BCUT2D eigenvalue weighted by Gasteiger charge is -2.49. The van der Waals surface area contributed by atoms with Crippen LogP contribution in [0.3, 0.4) is 0 Å². The molecule has 0 saturated heterocycles. The number of aliphatic hydroxyl groups excluding tert-OH is 3. The van der Waals surface area contributed by atoms with Crippen LogP contribution in [0.2, 0.25) is 0 Å². The third-order valence-corrected chi connectivity index (χ3v) is 7.71. The third kappa shape index (κ3) is 8.72. The van der Waals surface area contributed by atoms with E-state index in [1.165, 1.54) is 0 Å². The van der Waals surface area contributed by atoms with Crippen LogP contribution >= 0.6 is 17.2 Å². The molecule has 0 aromatic heterocycles. The largest absolute Gasteiger partial charge is 0.395 e. The molecule has 0 heterocycles. The number of rotatable bonds is 9. The molecule has 0 amide bonds. The van der Waals surface area contributed by atoms with Gasteiger partial charge in [0.2, 0.25) is 0 Å². The molecule has 0 aliphatic heterocycles. The van der Waals surface area contributed by atoms with Crippen LogP contribution in [0.5, 0.6) is 0 Å². The summed E-state index contributed by atoms with van der Waals surface area (Å²) in [6.45, 7) is 13.0. The van der Waals surface area contributed by atoms with Crippen molar-refractivity contribution in [3.05, 3.63) is 70.3 Å². The van der Waals surface area contributed by atoms with Crippen LogP contribution in [0.1, 0.15) is 69.4 Å². The molecule has 0 bridgehead atoms. The van der Waals surface area contributed by atoms with Gasteiger partial charge in [0.15, 0.2) is 0 Å². The molecule has 0 saturated carbocycles. The highest BCUT2D eigenvalue weighted by atomic mass is 31.2. The molecule has 216 valence electrons. The molecule has 0 aliphatic carbocycles. The first-order valence-electron chi connectivity index (χ1n) is 12.2. The topological polar surface area (TPSA) is 171 Å². The van der Waals surface area contributed by atoms with Gasteiger partial charge in [-0.1, -0.05) is 89.6 Å². The Morgan fingerprint density at radius 1 is 0.711 bits per heavy atom. The van der Waals surface area contributed by atoms with Crippen LogP contribution < -0.4 is 0 Å². The Labute approximate surface area is 228 Å². The third-order valence-electron chi connectivity index (χ3n) is 6.55. The fourth-order valence-electron chi connectivity index (χ4n) is 4.46. The summed E-state index contributed by atoms with van der Waals surface area (Å²) in [5, 5.41) is 43.8. The summed E-state index contributed by atoms with van der Waals surface area (Å²) in [6.07, 6.45) is 0.157. The van der Waals surface area contributed by atoms with Gasteiger partial charge in [-0.2, -0.15) is 0 Å². The molecule has 0 aliphatic rings. The molecule has 2 rings (SSSR count). The highest BCUT2D eigenvalue weighted by molar-refractivity contribution is 7.53. The summed E-state index contributed by atoms with van der Waals surface area (Å²) in [5.74, 6) is 0. The Morgan fingerprint density at radius 3 is 1.39 bits per heavy atom. The van der Waals surface area contributed by atoms with E-state index in [1.54, 1.807) is 0 Å². The standard InChI is InChI=1S/C27H40O4.H4O5P2/c1-19-13-21(24(2,3)4)23(22(14-19)25(5,6)7)27(31,26(16-28,17-29)18-30)15-20-11-9-8-10-12-20;1-6(2)5-7(3)4/h8-14,28-31H,15-18H2,1-7H3;1-4H. The number of hydrogen-bond acceptors (Lipinski definition) is 9. The fraction of sp³-hybridized carbons (Fsp3) is 0.556. The van der Waals surface area contributed by atoms with Crippen molar-refractivity contribution < 1.29 is 44.3 Å². The van der Waals surface area contributed by atoms with Gasteiger partial charge in [0.25, 0.3) is 0 Å². The Balaban J connectivity index is 0.000000905. The van der Waals surface area contributed by atoms with Crippen LogP contribution in [0.25, 0.3) is 0 Å². The van der Waals surface area contributed by atoms with Gasteiger partial charge in [0.05, 0.1) is 25.2 Å². The SMILES string of the molecule is Cc1cc(C(C)(C)C)c(C(O)(Cc2ccccc2)C(CO)(CO)CO)c(C(C)(C)C)c1.OP(O)OP(O)O. The van der Waals surface area contributed by atoms with Crippen molar-refractivity contribution >= 4 is 17.2 Å². The van der Waals surface area contributed by atoms with E-state index in [1.807, 2.05) is 37.3 Å². The average Bonchev–Trinajstić information content (AvgIpc) is 2.79. The van der Waals surface area contributed by atoms with E-state index in [9.17, 15) is 20.4 Å².